The van der Waals surface area contributed by atoms with Gasteiger partial charge in [0, 0.05) is 0 Å². The summed E-state index contributed by atoms with van der Waals surface area (Å²) in [6, 6.07) is 10.2. The van der Waals surface area contributed by atoms with Crippen LogP contribution in [0.2, 0.25) is 5.02 Å². The number of carbonyl (C=O) groups excluding carboxylic acids is 1. The van der Waals surface area contributed by atoms with Gasteiger partial charge in [0.1, 0.15) is 24.7 Å². The molecule has 0 atom stereocenters. The molecule has 6 nitrogen and oxygen atoms in total. The standard InChI is InChI=1S/C17H15ClO6/c1-20-12-2-4-13(5-3-12)21-6-7-22-17(19)11-8-14(18)16-15(9-11)23-10-24-16/h2-5,8-9H,6-7,10H2,1H3. The van der Waals surface area contributed by atoms with Gasteiger partial charge in [0.15, 0.2) is 11.5 Å². The fourth-order valence-electron chi connectivity index (χ4n) is 2.13. The predicted molar refractivity (Wildman–Crippen MR) is 86.3 cm³/mol. The Morgan fingerprint density at radius 3 is 2.62 bits per heavy atom. The lowest BCUT2D eigenvalue weighted by molar-refractivity contribution is 0.0450. The van der Waals surface area contributed by atoms with Gasteiger partial charge >= 0.3 is 5.97 Å². The van der Waals surface area contributed by atoms with Gasteiger partial charge < -0.3 is 23.7 Å². The van der Waals surface area contributed by atoms with Crippen LogP contribution in [0.25, 0.3) is 0 Å². The number of esters is 1. The second-order valence-corrected chi connectivity index (χ2v) is 5.26. The molecule has 0 amide bonds. The Kier molecular flexibility index (Phi) is 4.96. The highest BCUT2D eigenvalue weighted by Crippen LogP contribution is 2.39. The summed E-state index contributed by atoms with van der Waals surface area (Å²) in [5.41, 5.74) is 0.300. The summed E-state index contributed by atoms with van der Waals surface area (Å²) in [6.45, 7) is 0.427. The third-order valence-corrected chi connectivity index (χ3v) is 3.59. The molecule has 0 N–H and O–H groups in total. The van der Waals surface area contributed by atoms with Gasteiger partial charge in [-0.3, -0.25) is 0 Å². The Balaban J connectivity index is 1.50. The molecular weight excluding hydrogens is 336 g/mol. The molecule has 1 aliphatic heterocycles. The molecule has 0 fully saturated rings. The molecule has 1 aliphatic rings. The van der Waals surface area contributed by atoms with Crippen molar-refractivity contribution in [3.8, 4) is 23.0 Å². The fraction of sp³-hybridized carbons (Fsp3) is 0.235. The van der Waals surface area contributed by atoms with Crippen LogP contribution >= 0.6 is 11.6 Å². The predicted octanol–water partition coefficient (Wildman–Crippen LogP) is 3.31. The van der Waals surface area contributed by atoms with Crippen LogP contribution in [0, 0.1) is 0 Å². The van der Waals surface area contributed by atoms with E-state index in [4.69, 9.17) is 35.3 Å². The smallest absolute Gasteiger partial charge is 0.338 e. The Hall–Kier alpha value is -2.60. The number of hydrogen-bond acceptors (Lipinski definition) is 6. The van der Waals surface area contributed by atoms with Crippen molar-refractivity contribution < 1.29 is 28.5 Å². The van der Waals surface area contributed by atoms with Crippen molar-refractivity contribution in [3.05, 3.63) is 47.0 Å². The van der Waals surface area contributed by atoms with Gasteiger partial charge in [-0.05, 0) is 36.4 Å². The van der Waals surface area contributed by atoms with Gasteiger partial charge in [0.25, 0.3) is 0 Å². The third kappa shape index (κ3) is 3.65. The minimum atomic E-state index is -0.506. The lowest BCUT2D eigenvalue weighted by Gasteiger charge is -2.09. The van der Waals surface area contributed by atoms with Crippen LogP contribution in [0.1, 0.15) is 10.4 Å². The first-order valence-electron chi connectivity index (χ1n) is 7.20. The van der Waals surface area contributed by atoms with E-state index in [1.165, 1.54) is 6.07 Å². The Bertz CT molecular complexity index is 729. The van der Waals surface area contributed by atoms with E-state index < -0.39 is 5.97 Å². The molecule has 2 aromatic rings. The van der Waals surface area contributed by atoms with E-state index in [1.54, 1.807) is 37.4 Å². The fourth-order valence-corrected chi connectivity index (χ4v) is 2.40. The summed E-state index contributed by atoms with van der Waals surface area (Å²) in [5.74, 6) is 1.78. The molecule has 1 heterocycles. The van der Waals surface area contributed by atoms with Gasteiger partial charge in [-0.15, -0.1) is 0 Å². The zero-order valence-corrected chi connectivity index (χ0v) is 13.7. The maximum absolute atomic E-state index is 12.0. The first-order chi connectivity index (χ1) is 11.7. The van der Waals surface area contributed by atoms with Gasteiger partial charge in [-0.25, -0.2) is 4.79 Å². The SMILES string of the molecule is COc1ccc(OCCOC(=O)c2cc(Cl)c3c(c2)OCO3)cc1. The molecule has 0 radical (unpaired) electrons. The molecule has 0 aliphatic carbocycles. The lowest BCUT2D eigenvalue weighted by atomic mass is 10.2. The normalized spacial score (nSPS) is 11.9. The molecule has 24 heavy (non-hydrogen) atoms. The van der Waals surface area contributed by atoms with Crippen LogP contribution in [0.5, 0.6) is 23.0 Å². The molecule has 0 saturated carbocycles. The second-order valence-electron chi connectivity index (χ2n) is 4.85. The highest BCUT2D eigenvalue weighted by molar-refractivity contribution is 6.32. The van der Waals surface area contributed by atoms with Gasteiger partial charge in [0.05, 0.1) is 17.7 Å². The Morgan fingerprint density at radius 2 is 1.88 bits per heavy atom. The Morgan fingerprint density at radius 1 is 1.12 bits per heavy atom. The van der Waals surface area contributed by atoms with Crippen molar-refractivity contribution in [2.45, 2.75) is 0 Å². The number of fused-ring (bicyclic) bond motifs is 1. The van der Waals surface area contributed by atoms with Crippen LogP contribution in [0.4, 0.5) is 0 Å². The van der Waals surface area contributed by atoms with Crippen LogP contribution in [0.3, 0.4) is 0 Å². The molecule has 2 aromatic carbocycles. The molecule has 7 heteroatoms. The van der Waals surface area contributed by atoms with Crippen LogP contribution in [-0.2, 0) is 4.74 Å². The molecule has 0 aromatic heterocycles. The van der Waals surface area contributed by atoms with E-state index >= 15 is 0 Å². The molecule has 126 valence electrons. The van der Waals surface area contributed by atoms with Crippen molar-refractivity contribution in [3.63, 3.8) is 0 Å². The monoisotopic (exact) mass is 350 g/mol. The summed E-state index contributed by atoms with van der Waals surface area (Å²) in [7, 11) is 1.59. The highest BCUT2D eigenvalue weighted by Gasteiger charge is 2.21. The molecular formula is C17H15ClO6. The summed E-state index contributed by atoms with van der Waals surface area (Å²) >= 11 is 6.04. The third-order valence-electron chi connectivity index (χ3n) is 3.31. The average molecular weight is 351 g/mol. The van der Waals surface area contributed by atoms with Crippen molar-refractivity contribution in [2.24, 2.45) is 0 Å². The van der Waals surface area contributed by atoms with E-state index in [0.717, 1.165) is 5.75 Å². The number of halogens is 1. The number of carbonyl (C=O) groups is 1. The van der Waals surface area contributed by atoms with E-state index in [9.17, 15) is 4.79 Å². The number of ether oxygens (including phenoxy) is 5. The van der Waals surface area contributed by atoms with Gasteiger partial charge in [-0.2, -0.15) is 0 Å². The average Bonchev–Trinajstić information content (AvgIpc) is 3.08. The van der Waals surface area contributed by atoms with Crippen molar-refractivity contribution in [1.82, 2.24) is 0 Å². The van der Waals surface area contributed by atoms with Crippen molar-refractivity contribution >= 4 is 17.6 Å². The van der Waals surface area contributed by atoms with E-state index in [1.807, 2.05) is 0 Å². The van der Waals surface area contributed by atoms with Crippen LogP contribution in [0.15, 0.2) is 36.4 Å². The number of methoxy groups -OCH3 is 1. The van der Waals surface area contributed by atoms with Crippen LogP contribution in [-0.4, -0.2) is 33.1 Å². The van der Waals surface area contributed by atoms with E-state index in [0.29, 0.717) is 27.8 Å². The van der Waals surface area contributed by atoms with Crippen molar-refractivity contribution in [2.75, 3.05) is 27.1 Å². The lowest BCUT2D eigenvalue weighted by Crippen LogP contribution is -2.12. The summed E-state index contributed by atoms with van der Waals surface area (Å²) < 4.78 is 26.1. The molecule has 0 spiro atoms. The zero-order chi connectivity index (χ0) is 16.9. The minimum Gasteiger partial charge on any atom is -0.497 e. The summed E-state index contributed by atoms with van der Waals surface area (Å²) in [6.07, 6.45) is 0. The first-order valence-corrected chi connectivity index (χ1v) is 7.58. The molecule has 0 saturated heterocycles. The van der Waals surface area contributed by atoms with Crippen molar-refractivity contribution in [1.29, 1.82) is 0 Å². The quantitative estimate of drug-likeness (QED) is 0.588. The van der Waals surface area contributed by atoms with E-state index in [-0.39, 0.29) is 20.0 Å². The molecule has 0 unspecified atom stereocenters. The summed E-state index contributed by atoms with van der Waals surface area (Å²) in [4.78, 5) is 12.0. The maximum Gasteiger partial charge on any atom is 0.338 e. The van der Waals surface area contributed by atoms with E-state index in [2.05, 4.69) is 0 Å². The Labute approximate surface area is 143 Å². The number of benzene rings is 2. The van der Waals surface area contributed by atoms with Gasteiger partial charge in [0.2, 0.25) is 6.79 Å². The second kappa shape index (κ2) is 7.31. The zero-order valence-electron chi connectivity index (χ0n) is 12.9. The van der Waals surface area contributed by atoms with Gasteiger partial charge in [-0.1, -0.05) is 11.6 Å². The largest absolute Gasteiger partial charge is 0.497 e. The maximum atomic E-state index is 12.0. The first kappa shape index (κ1) is 16.3. The molecule has 3 rings (SSSR count). The van der Waals surface area contributed by atoms with Crippen LogP contribution < -0.4 is 18.9 Å². The molecule has 0 bridgehead atoms. The number of rotatable bonds is 6. The highest BCUT2D eigenvalue weighted by atomic mass is 35.5. The number of hydrogen-bond donors (Lipinski definition) is 0. The minimum absolute atomic E-state index is 0.0866. The summed E-state index contributed by atoms with van der Waals surface area (Å²) in [5, 5.41) is 0.312. The topological polar surface area (TPSA) is 63.2 Å².